The molecule has 1 heterocycles. The van der Waals surface area contributed by atoms with E-state index in [1.54, 1.807) is 6.07 Å². The Labute approximate surface area is 120 Å². The number of nitro groups is 1. The van der Waals surface area contributed by atoms with E-state index in [9.17, 15) is 19.7 Å². The molecule has 0 radical (unpaired) electrons. The fourth-order valence-electron chi connectivity index (χ4n) is 2.34. The summed E-state index contributed by atoms with van der Waals surface area (Å²) in [6.07, 6.45) is 0.726. The van der Waals surface area contributed by atoms with Crippen LogP contribution < -0.4 is 10.2 Å². The molecule has 21 heavy (non-hydrogen) atoms. The molecule has 1 N–H and O–H groups in total. The van der Waals surface area contributed by atoms with Crippen molar-refractivity contribution in [1.82, 2.24) is 5.32 Å². The maximum Gasteiger partial charge on any atom is 0.407 e. The third-order valence-corrected chi connectivity index (χ3v) is 3.40. The van der Waals surface area contributed by atoms with Crippen LogP contribution in [0.4, 0.5) is 16.2 Å². The molecule has 8 heteroatoms. The molecule has 1 aromatic rings. The molecule has 1 aliphatic rings. The number of rotatable bonds is 4. The van der Waals surface area contributed by atoms with E-state index in [0.29, 0.717) is 19.4 Å². The molecule has 112 valence electrons. The van der Waals surface area contributed by atoms with E-state index in [1.807, 2.05) is 4.90 Å². The Hall–Kier alpha value is -2.64. The van der Waals surface area contributed by atoms with Crippen LogP contribution in [0.25, 0.3) is 0 Å². The molecule has 1 atom stereocenters. The predicted molar refractivity (Wildman–Crippen MR) is 74.6 cm³/mol. The van der Waals surface area contributed by atoms with Gasteiger partial charge in [-0.05, 0) is 18.6 Å². The molecule has 1 unspecified atom stereocenters. The number of anilines is 1. The first kappa shape index (κ1) is 14.8. The van der Waals surface area contributed by atoms with Crippen LogP contribution in [0.15, 0.2) is 18.2 Å². The lowest BCUT2D eigenvalue weighted by Crippen LogP contribution is -2.36. The van der Waals surface area contributed by atoms with Crippen LogP contribution in [0.1, 0.15) is 16.8 Å². The van der Waals surface area contributed by atoms with Crippen molar-refractivity contribution in [2.45, 2.75) is 12.5 Å². The van der Waals surface area contributed by atoms with Crippen molar-refractivity contribution >= 4 is 23.8 Å². The van der Waals surface area contributed by atoms with Crippen LogP contribution in [0.2, 0.25) is 0 Å². The Balaban J connectivity index is 2.11. The molecule has 2 rings (SSSR count). The average molecular weight is 293 g/mol. The second kappa shape index (κ2) is 6.21. The fraction of sp³-hybridized carbons (Fsp3) is 0.385. The van der Waals surface area contributed by atoms with E-state index in [1.165, 1.54) is 19.2 Å². The molecule has 1 aromatic carbocycles. The van der Waals surface area contributed by atoms with E-state index in [-0.39, 0.29) is 17.3 Å². The summed E-state index contributed by atoms with van der Waals surface area (Å²) in [5, 5.41) is 13.5. The average Bonchev–Trinajstić information content (AvgIpc) is 2.94. The minimum absolute atomic E-state index is 0.0434. The number of carbonyl (C=O) groups excluding carboxylic acids is 2. The van der Waals surface area contributed by atoms with Crippen molar-refractivity contribution in [3.8, 4) is 0 Å². The highest BCUT2D eigenvalue weighted by Gasteiger charge is 2.25. The van der Waals surface area contributed by atoms with E-state index < -0.39 is 11.0 Å². The molecule has 0 bridgehead atoms. The van der Waals surface area contributed by atoms with Gasteiger partial charge in [-0.3, -0.25) is 14.9 Å². The Bertz CT molecular complexity index is 575. The second-order valence-corrected chi connectivity index (χ2v) is 4.69. The van der Waals surface area contributed by atoms with Crippen LogP contribution in [0, 0.1) is 10.1 Å². The van der Waals surface area contributed by atoms with Crippen LogP contribution in [-0.4, -0.2) is 43.5 Å². The molecule has 8 nitrogen and oxygen atoms in total. The maximum atomic E-state index is 11.2. The Morgan fingerprint density at radius 1 is 1.57 bits per heavy atom. The number of hydrogen-bond donors (Lipinski definition) is 1. The van der Waals surface area contributed by atoms with Gasteiger partial charge in [0.25, 0.3) is 5.69 Å². The molecule has 0 aromatic heterocycles. The third kappa shape index (κ3) is 3.28. The Kier molecular flexibility index (Phi) is 4.36. The predicted octanol–water partition coefficient (Wildman–Crippen LogP) is 1.34. The van der Waals surface area contributed by atoms with E-state index in [4.69, 9.17) is 0 Å². The number of carbonyl (C=O) groups is 2. The molecular weight excluding hydrogens is 278 g/mol. The number of nitrogens with one attached hydrogen (secondary N) is 1. The summed E-state index contributed by atoms with van der Waals surface area (Å²) >= 11 is 0. The first-order chi connectivity index (χ1) is 10.0. The van der Waals surface area contributed by atoms with Gasteiger partial charge in [0.1, 0.15) is 0 Å². The fourth-order valence-corrected chi connectivity index (χ4v) is 2.34. The third-order valence-electron chi connectivity index (χ3n) is 3.40. The molecular formula is C13H15N3O5. The molecule has 1 aliphatic heterocycles. The highest BCUT2D eigenvalue weighted by molar-refractivity contribution is 5.83. The quantitative estimate of drug-likeness (QED) is 0.510. The number of methoxy groups -OCH3 is 1. The lowest BCUT2D eigenvalue weighted by Gasteiger charge is -2.19. The number of hydrogen-bond acceptors (Lipinski definition) is 6. The number of nitrogens with zero attached hydrogens (tertiary/aromatic N) is 2. The van der Waals surface area contributed by atoms with Crippen LogP contribution >= 0.6 is 0 Å². The first-order valence-corrected chi connectivity index (χ1v) is 6.38. The maximum absolute atomic E-state index is 11.2. The van der Waals surface area contributed by atoms with Gasteiger partial charge < -0.3 is 15.0 Å². The van der Waals surface area contributed by atoms with Gasteiger partial charge in [0, 0.05) is 24.8 Å². The molecule has 1 saturated heterocycles. The number of aldehydes is 1. The first-order valence-electron chi connectivity index (χ1n) is 6.38. The van der Waals surface area contributed by atoms with Crippen LogP contribution in [0.5, 0.6) is 0 Å². The van der Waals surface area contributed by atoms with Crippen molar-refractivity contribution in [3.63, 3.8) is 0 Å². The zero-order chi connectivity index (χ0) is 15.4. The normalized spacial score (nSPS) is 17.4. The molecule has 1 fully saturated rings. The van der Waals surface area contributed by atoms with Crippen molar-refractivity contribution in [2.75, 3.05) is 25.1 Å². The van der Waals surface area contributed by atoms with Crippen molar-refractivity contribution in [3.05, 3.63) is 33.9 Å². The van der Waals surface area contributed by atoms with E-state index >= 15 is 0 Å². The Morgan fingerprint density at radius 2 is 2.33 bits per heavy atom. The van der Waals surface area contributed by atoms with Gasteiger partial charge in [0.15, 0.2) is 6.29 Å². The lowest BCUT2D eigenvalue weighted by molar-refractivity contribution is -0.385. The smallest absolute Gasteiger partial charge is 0.407 e. The number of benzene rings is 1. The van der Waals surface area contributed by atoms with Crippen molar-refractivity contribution < 1.29 is 19.2 Å². The van der Waals surface area contributed by atoms with Gasteiger partial charge in [0.2, 0.25) is 0 Å². The summed E-state index contributed by atoms with van der Waals surface area (Å²) in [7, 11) is 1.30. The van der Waals surface area contributed by atoms with Gasteiger partial charge >= 0.3 is 6.09 Å². The number of ether oxygens (including phenoxy) is 1. The van der Waals surface area contributed by atoms with Gasteiger partial charge in [-0.15, -0.1) is 0 Å². The highest BCUT2D eigenvalue weighted by Crippen LogP contribution is 2.26. The summed E-state index contributed by atoms with van der Waals surface area (Å²) < 4.78 is 4.54. The minimum atomic E-state index is -0.584. The second-order valence-electron chi connectivity index (χ2n) is 4.69. The standard InChI is InChI=1S/C13H15N3O5/c1-21-13(18)14-10-4-5-15(7-10)11-2-3-12(16(19)20)9(6-11)8-17/h2-3,6,8,10H,4-5,7H2,1H3,(H,14,18). The summed E-state index contributed by atoms with van der Waals surface area (Å²) in [5.41, 5.74) is 0.552. The molecule has 0 saturated carbocycles. The van der Waals surface area contributed by atoms with Crippen LogP contribution in [-0.2, 0) is 4.74 Å². The van der Waals surface area contributed by atoms with Gasteiger partial charge in [-0.25, -0.2) is 4.79 Å². The zero-order valence-corrected chi connectivity index (χ0v) is 11.4. The van der Waals surface area contributed by atoms with E-state index in [2.05, 4.69) is 10.1 Å². The van der Waals surface area contributed by atoms with Gasteiger partial charge in [-0.2, -0.15) is 0 Å². The summed E-state index contributed by atoms with van der Waals surface area (Å²) in [6, 6.07) is 4.37. The number of alkyl carbamates (subject to hydrolysis) is 1. The highest BCUT2D eigenvalue weighted by atomic mass is 16.6. The summed E-state index contributed by atoms with van der Waals surface area (Å²) in [4.78, 5) is 34.3. The summed E-state index contributed by atoms with van der Waals surface area (Å²) in [5.74, 6) is 0. The largest absolute Gasteiger partial charge is 0.453 e. The summed E-state index contributed by atoms with van der Waals surface area (Å²) in [6.45, 7) is 1.25. The minimum Gasteiger partial charge on any atom is -0.453 e. The number of amides is 1. The lowest BCUT2D eigenvalue weighted by atomic mass is 10.1. The van der Waals surface area contributed by atoms with Gasteiger partial charge in [0.05, 0.1) is 23.6 Å². The molecule has 1 amide bonds. The van der Waals surface area contributed by atoms with Crippen molar-refractivity contribution in [2.24, 2.45) is 0 Å². The molecule has 0 spiro atoms. The SMILES string of the molecule is COC(=O)NC1CCN(c2ccc([N+](=O)[O-])c(C=O)c2)C1. The van der Waals surface area contributed by atoms with Crippen molar-refractivity contribution in [1.29, 1.82) is 0 Å². The van der Waals surface area contributed by atoms with Crippen LogP contribution in [0.3, 0.4) is 0 Å². The molecule has 0 aliphatic carbocycles. The number of nitro benzene ring substituents is 1. The zero-order valence-electron chi connectivity index (χ0n) is 11.4. The van der Waals surface area contributed by atoms with E-state index in [0.717, 1.165) is 12.1 Å². The Morgan fingerprint density at radius 3 is 2.95 bits per heavy atom. The monoisotopic (exact) mass is 293 g/mol. The van der Waals surface area contributed by atoms with Gasteiger partial charge in [-0.1, -0.05) is 0 Å². The topological polar surface area (TPSA) is 102 Å².